The van der Waals surface area contributed by atoms with Gasteiger partial charge in [-0.1, -0.05) is 41.6 Å². The number of hydrogen-bond acceptors (Lipinski definition) is 5. The minimum atomic E-state index is -0.590. The molecule has 1 aromatic heterocycles. The second-order valence-electron chi connectivity index (χ2n) is 7.03. The first-order valence-electron chi connectivity index (χ1n) is 9.50. The van der Waals surface area contributed by atoms with Crippen molar-refractivity contribution in [3.8, 4) is 11.3 Å². The van der Waals surface area contributed by atoms with E-state index in [0.29, 0.717) is 27.9 Å². The maximum atomic E-state index is 12.5. The fraction of sp³-hybridized carbons (Fsp3) is 0.125. The molecule has 6 nitrogen and oxygen atoms in total. The molecule has 1 heterocycles. The summed E-state index contributed by atoms with van der Waals surface area (Å²) >= 11 is 0. The molecule has 150 valence electrons. The highest BCUT2D eigenvalue weighted by Crippen LogP contribution is 2.29. The van der Waals surface area contributed by atoms with Crippen molar-refractivity contribution < 1.29 is 18.8 Å². The number of carbonyl (C=O) groups is 2. The number of carbonyl (C=O) groups excluding carboxylic acids is 2. The molecule has 0 aliphatic heterocycles. The van der Waals surface area contributed by atoms with Crippen LogP contribution in [-0.4, -0.2) is 23.6 Å². The summed E-state index contributed by atoms with van der Waals surface area (Å²) < 4.78 is 10.6. The molecule has 0 unspecified atom stereocenters. The molecule has 4 rings (SSSR count). The van der Waals surface area contributed by atoms with Gasteiger partial charge in [0.2, 0.25) is 0 Å². The Kier molecular flexibility index (Phi) is 5.30. The average molecular weight is 400 g/mol. The van der Waals surface area contributed by atoms with Gasteiger partial charge < -0.3 is 14.6 Å². The number of rotatable bonds is 5. The summed E-state index contributed by atoms with van der Waals surface area (Å²) in [5, 5.41) is 7.47. The summed E-state index contributed by atoms with van der Waals surface area (Å²) in [4.78, 5) is 24.6. The number of amides is 1. The smallest absolute Gasteiger partial charge is 0.338 e. The van der Waals surface area contributed by atoms with Gasteiger partial charge in [-0.05, 0) is 55.3 Å². The van der Waals surface area contributed by atoms with Crippen LogP contribution in [0, 0.1) is 13.8 Å². The number of aryl methyl sites for hydroxylation is 2. The first kappa shape index (κ1) is 19.4. The number of hydrogen-bond donors (Lipinski definition) is 1. The molecule has 6 heteroatoms. The second kappa shape index (κ2) is 8.21. The SMILES string of the molecule is Cc1ccc(NC(=O)COC(=O)c2ccc3noc(-c4ccccc4)c3c2)cc1C. The maximum Gasteiger partial charge on any atom is 0.338 e. The third-order valence-electron chi connectivity index (χ3n) is 4.87. The molecule has 0 saturated carbocycles. The van der Waals surface area contributed by atoms with Gasteiger partial charge in [0.1, 0.15) is 5.52 Å². The molecular weight excluding hydrogens is 380 g/mol. The number of aromatic nitrogens is 1. The predicted molar refractivity (Wildman–Crippen MR) is 114 cm³/mol. The Bertz CT molecular complexity index is 1230. The zero-order valence-electron chi connectivity index (χ0n) is 16.6. The fourth-order valence-electron chi connectivity index (χ4n) is 3.10. The van der Waals surface area contributed by atoms with Crippen LogP contribution in [0.1, 0.15) is 21.5 Å². The fourth-order valence-corrected chi connectivity index (χ4v) is 3.10. The van der Waals surface area contributed by atoms with Crippen LogP contribution in [-0.2, 0) is 9.53 Å². The van der Waals surface area contributed by atoms with Gasteiger partial charge in [0.15, 0.2) is 12.4 Å². The van der Waals surface area contributed by atoms with Gasteiger partial charge >= 0.3 is 5.97 Å². The highest BCUT2D eigenvalue weighted by molar-refractivity contribution is 6.00. The molecule has 0 aliphatic carbocycles. The van der Waals surface area contributed by atoms with Crippen molar-refractivity contribution in [3.05, 3.63) is 83.4 Å². The van der Waals surface area contributed by atoms with Gasteiger partial charge in [0.25, 0.3) is 5.91 Å². The number of benzene rings is 3. The zero-order chi connectivity index (χ0) is 21.1. The van der Waals surface area contributed by atoms with Crippen molar-refractivity contribution in [2.24, 2.45) is 0 Å². The minimum absolute atomic E-state index is 0.321. The van der Waals surface area contributed by atoms with Crippen molar-refractivity contribution in [1.82, 2.24) is 5.16 Å². The van der Waals surface area contributed by atoms with Gasteiger partial charge in [-0.15, -0.1) is 0 Å². The molecule has 0 spiro atoms. The Balaban J connectivity index is 1.45. The Morgan fingerprint density at radius 2 is 1.77 bits per heavy atom. The van der Waals surface area contributed by atoms with E-state index in [4.69, 9.17) is 9.26 Å². The molecule has 1 N–H and O–H groups in total. The Hall–Kier alpha value is -3.93. The summed E-state index contributed by atoms with van der Waals surface area (Å²) in [7, 11) is 0. The van der Waals surface area contributed by atoms with E-state index in [0.717, 1.165) is 16.7 Å². The van der Waals surface area contributed by atoms with Crippen molar-refractivity contribution >= 4 is 28.5 Å². The highest BCUT2D eigenvalue weighted by atomic mass is 16.5. The summed E-state index contributed by atoms with van der Waals surface area (Å²) in [6.07, 6.45) is 0. The Morgan fingerprint density at radius 3 is 2.53 bits per heavy atom. The van der Waals surface area contributed by atoms with Crippen LogP contribution in [0.4, 0.5) is 5.69 Å². The number of nitrogens with one attached hydrogen (secondary N) is 1. The van der Waals surface area contributed by atoms with Gasteiger partial charge in [-0.2, -0.15) is 0 Å². The molecule has 0 radical (unpaired) electrons. The Morgan fingerprint density at radius 1 is 0.967 bits per heavy atom. The van der Waals surface area contributed by atoms with Gasteiger partial charge in [0, 0.05) is 11.3 Å². The number of fused-ring (bicyclic) bond motifs is 1. The predicted octanol–water partition coefficient (Wildman–Crippen LogP) is 4.91. The third kappa shape index (κ3) is 4.07. The maximum absolute atomic E-state index is 12.5. The molecule has 0 atom stereocenters. The number of nitrogens with zero attached hydrogens (tertiary/aromatic N) is 1. The molecule has 1 amide bonds. The van der Waals surface area contributed by atoms with Crippen molar-refractivity contribution in [2.45, 2.75) is 13.8 Å². The largest absolute Gasteiger partial charge is 0.452 e. The highest BCUT2D eigenvalue weighted by Gasteiger charge is 2.16. The van der Waals surface area contributed by atoms with Gasteiger partial charge in [-0.25, -0.2) is 4.79 Å². The normalized spacial score (nSPS) is 10.7. The zero-order valence-corrected chi connectivity index (χ0v) is 16.6. The van der Waals surface area contributed by atoms with E-state index >= 15 is 0 Å². The molecular formula is C24H20N2O4. The van der Waals surface area contributed by atoms with Crippen LogP contribution >= 0.6 is 0 Å². The number of ether oxygens (including phenoxy) is 1. The van der Waals surface area contributed by atoms with E-state index in [9.17, 15) is 9.59 Å². The van der Waals surface area contributed by atoms with E-state index in [-0.39, 0.29) is 6.61 Å². The van der Waals surface area contributed by atoms with Crippen molar-refractivity contribution in [1.29, 1.82) is 0 Å². The number of esters is 1. The number of anilines is 1. The van der Waals surface area contributed by atoms with Gasteiger partial charge in [-0.3, -0.25) is 4.79 Å². The molecule has 30 heavy (non-hydrogen) atoms. The topological polar surface area (TPSA) is 81.4 Å². The second-order valence-corrected chi connectivity index (χ2v) is 7.03. The first-order valence-corrected chi connectivity index (χ1v) is 9.50. The summed E-state index contributed by atoms with van der Waals surface area (Å²) in [5.41, 5.74) is 4.69. The summed E-state index contributed by atoms with van der Waals surface area (Å²) in [6.45, 7) is 3.59. The first-order chi connectivity index (χ1) is 14.5. The molecule has 0 saturated heterocycles. The lowest BCUT2D eigenvalue weighted by Gasteiger charge is -2.08. The average Bonchev–Trinajstić information content (AvgIpc) is 3.18. The molecule has 0 bridgehead atoms. The summed E-state index contributed by atoms with van der Waals surface area (Å²) in [5.74, 6) is -0.414. The van der Waals surface area contributed by atoms with E-state index in [1.165, 1.54) is 0 Å². The van der Waals surface area contributed by atoms with E-state index < -0.39 is 11.9 Å². The lowest BCUT2D eigenvalue weighted by Crippen LogP contribution is -2.21. The van der Waals surface area contributed by atoms with E-state index in [2.05, 4.69) is 10.5 Å². The van der Waals surface area contributed by atoms with E-state index in [1.54, 1.807) is 18.2 Å². The van der Waals surface area contributed by atoms with E-state index in [1.807, 2.05) is 62.4 Å². The van der Waals surface area contributed by atoms with Gasteiger partial charge in [0.05, 0.1) is 10.9 Å². The molecule has 0 fully saturated rings. The standard InChI is InChI=1S/C24H20N2O4/c1-15-8-10-19(12-16(15)2)25-22(27)14-29-24(28)18-9-11-21-20(13-18)23(30-26-21)17-6-4-3-5-7-17/h3-13H,14H2,1-2H3,(H,25,27). The van der Waals surface area contributed by atoms with Crippen molar-refractivity contribution in [2.75, 3.05) is 11.9 Å². The van der Waals surface area contributed by atoms with Crippen LogP contribution in [0.15, 0.2) is 71.3 Å². The molecule has 0 aliphatic rings. The Labute approximate surface area is 173 Å². The lowest BCUT2D eigenvalue weighted by atomic mass is 10.1. The molecule has 4 aromatic rings. The monoisotopic (exact) mass is 400 g/mol. The van der Waals surface area contributed by atoms with Crippen LogP contribution in [0.3, 0.4) is 0 Å². The summed E-state index contributed by atoms with van der Waals surface area (Å²) in [6, 6.07) is 20.1. The van der Waals surface area contributed by atoms with Crippen LogP contribution < -0.4 is 5.32 Å². The molecule has 3 aromatic carbocycles. The van der Waals surface area contributed by atoms with Crippen LogP contribution in [0.25, 0.3) is 22.2 Å². The third-order valence-corrected chi connectivity index (χ3v) is 4.87. The minimum Gasteiger partial charge on any atom is -0.452 e. The quantitative estimate of drug-likeness (QED) is 0.482. The van der Waals surface area contributed by atoms with Crippen molar-refractivity contribution in [3.63, 3.8) is 0 Å². The van der Waals surface area contributed by atoms with Crippen LogP contribution in [0.5, 0.6) is 0 Å². The van der Waals surface area contributed by atoms with Crippen LogP contribution in [0.2, 0.25) is 0 Å². The lowest BCUT2D eigenvalue weighted by molar-refractivity contribution is -0.119.